The van der Waals surface area contributed by atoms with Gasteiger partial charge in [0.15, 0.2) is 0 Å². The highest BCUT2D eigenvalue weighted by Crippen LogP contribution is 2.27. The third kappa shape index (κ3) is 4.89. The second-order valence-electron chi connectivity index (χ2n) is 8.90. The minimum absolute atomic E-state index is 0.00331. The summed E-state index contributed by atoms with van der Waals surface area (Å²) in [5.41, 5.74) is 3.10. The van der Waals surface area contributed by atoms with Gasteiger partial charge in [-0.05, 0) is 60.7 Å². The summed E-state index contributed by atoms with van der Waals surface area (Å²) in [6.07, 6.45) is 1.93. The Balaban J connectivity index is 1.29. The molecule has 1 N–H and O–H groups in total. The number of halogens is 1. The van der Waals surface area contributed by atoms with Crippen LogP contribution in [0, 0.1) is 11.7 Å². The molecule has 2 aliphatic rings. The largest absolute Gasteiger partial charge is 0.371 e. The zero-order chi connectivity index (χ0) is 22.0. The number of piperidine rings is 1. The molecular formula is C25H30FN3O2. The van der Waals surface area contributed by atoms with Crippen LogP contribution in [0.4, 0.5) is 15.8 Å². The SMILES string of the molecule is CC(C)c1ccc(N2CC(C(=O)NC3CCN(c4ccc(F)cc4)CC3)CC2=O)cc1. The van der Waals surface area contributed by atoms with E-state index in [9.17, 15) is 14.0 Å². The first-order valence-electron chi connectivity index (χ1n) is 11.1. The Morgan fingerprint density at radius 2 is 1.61 bits per heavy atom. The van der Waals surface area contributed by atoms with Gasteiger partial charge in [-0.15, -0.1) is 0 Å². The van der Waals surface area contributed by atoms with E-state index >= 15 is 0 Å². The molecule has 2 aromatic rings. The maximum atomic E-state index is 13.1. The quantitative estimate of drug-likeness (QED) is 0.788. The number of hydrogen-bond donors (Lipinski definition) is 1. The first-order chi connectivity index (χ1) is 14.9. The van der Waals surface area contributed by atoms with Crippen LogP contribution in [0.25, 0.3) is 0 Å². The third-order valence-corrected chi connectivity index (χ3v) is 6.40. The minimum atomic E-state index is -0.313. The number of rotatable bonds is 5. The second kappa shape index (κ2) is 9.08. The van der Waals surface area contributed by atoms with E-state index in [-0.39, 0.29) is 36.0 Å². The van der Waals surface area contributed by atoms with Crippen LogP contribution in [-0.4, -0.2) is 37.5 Å². The Hall–Kier alpha value is -2.89. The van der Waals surface area contributed by atoms with Crippen molar-refractivity contribution in [1.29, 1.82) is 0 Å². The topological polar surface area (TPSA) is 52.7 Å². The van der Waals surface area contributed by atoms with E-state index in [4.69, 9.17) is 0 Å². The van der Waals surface area contributed by atoms with Gasteiger partial charge in [0.1, 0.15) is 5.82 Å². The van der Waals surface area contributed by atoms with Crippen molar-refractivity contribution in [2.75, 3.05) is 29.4 Å². The summed E-state index contributed by atoms with van der Waals surface area (Å²) in [5, 5.41) is 3.15. The van der Waals surface area contributed by atoms with Crippen molar-refractivity contribution in [2.24, 2.45) is 5.92 Å². The molecular weight excluding hydrogens is 393 g/mol. The van der Waals surface area contributed by atoms with Crippen molar-refractivity contribution in [3.63, 3.8) is 0 Å². The molecule has 5 nitrogen and oxygen atoms in total. The highest BCUT2D eigenvalue weighted by atomic mass is 19.1. The monoisotopic (exact) mass is 423 g/mol. The van der Waals surface area contributed by atoms with Crippen molar-refractivity contribution < 1.29 is 14.0 Å². The lowest BCUT2D eigenvalue weighted by molar-refractivity contribution is -0.127. The first-order valence-corrected chi connectivity index (χ1v) is 11.1. The van der Waals surface area contributed by atoms with Gasteiger partial charge in [0, 0.05) is 43.5 Å². The maximum Gasteiger partial charge on any atom is 0.227 e. The van der Waals surface area contributed by atoms with Crippen LogP contribution >= 0.6 is 0 Å². The lowest BCUT2D eigenvalue weighted by Gasteiger charge is -2.34. The highest BCUT2D eigenvalue weighted by Gasteiger charge is 2.36. The van der Waals surface area contributed by atoms with Gasteiger partial charge in [0.05, 0.1) is 5.92 Å². The Kier molecular flexibility index (Phi) is 6.25. The maximum absolute atomic E-state index is 13.1. The highest BCUT2D eigenvalue weighted by molar-refractivity contribution is 6.00. The summed E-state index contributed by atoms with van der Waals surface area (Å²) >= 11 is 0. The summed E-state index contributed by atoms with van der Waals surface area (Å²) in [5.74, 6) is -0.135. The predicted molar refractivity (Wildman–Crippen MR) is 121 cm³/mol. The number of carbonyl (C=O) groups excluding carboxylic acids is 2. The second-order valence-corrected chi connectivity index (χ2v) is 8.90. The van der Waals surface area contributed by atoms with Crippen LogP contribution in [0.1, 0.15) is 44.6 Å². The van der Waals surface area contributed by atoms with Gasteiger partial charge in [-0.2, -0.15) is 0 Å². The molecule has 0 spiro atoms. The van der Waals surface area contributed by atoms with Crippen molar-refractivity contribution in [3.8, 4) is 0 Å². The van der Waals surface area contributed by atoms with Crippen LogP contribution < -0.4 is 15.1 Å². The number of anilines is 2. The molecule has 1 atom stereocenters. The molecule has 0 bridgehead atoms. The zero-order valence-electron chi connectivity index (χ0n) is 18.2. The minimum Gasteiger partial charge on any atom is -0.371 e. The standard InChI is InChI=1S/C25H30FN3O2/c1-17(2)18-3-7-23(8-4-18)29-16-19(15-24(29)30)25(31)27-21-11-13-28(14-12-21)22-9-5-20(26)6-10-22/h3-10,17,19,21H,11-16H2,1-2H3,(H,27,31). The zero-order valence-corrected chi connectivity index (χ0v) is 18.2. The van der Waals surface area contributed by atoms with Gasteiger partial charge in [-0.25, -0.2) is 4.39 Å². The molecule has 31 heavy (non-hydrogen) atoms. The van der Waals surface area contributed by atoms with Gasteiger partial charge in [0.2, 0.25) is 11.8 Å². The van der Waals surface area contributed by atoms with Crippen LogP contribution in [0.3, 0.4) is 0 Å². The van der Waals surface area contributed by atoms with E-state index in [1.807, 2.05) is 12.1 Å². The van der Waals surface area contributed by atoms with Crippen LogP contribution in [-0.2, 0) is 9.59 Å². The molecule has 0 saturated carbocycles. The van der Waals surface area contributed by atoms with Gasteiger partial charge in [0.25, 0.3) is 0 Å². The number of carbonyl (C=O) groups is 2. The Morgan fingerprint density at radius 3 is 2.23 bits per heavy atom. The number of amides is 2. The Morgan fingerprint density at radius 1 is 1.00 bits per heavy atom. The number of benzene rings is 2. The van der Waals surface area contributed by atoms with Crippen LogP contribution in [0.15, 0.2) is 48.5 Å². The van der Waals surface area contributed by atoms with Crippen molar-refractivity contribution in [1.82, 2.24) is 5.32 Å². The molecule has 164 valence electrons. The van der Waals surface area contributed by atoms with Gasteiger partial charge in [-0.1, -0.05) is 26.0 Å². The number of nitrogens with zero attached hydrogens (tertiary/aromatic N) is 2. The third-order valence-electron chi connectivity index (χ3n) is 6.40. The van der Waals surface area contributed by atoms with E-state index in [1.165, 1.54) is 17.7 Å². The van der Waals surface area contributed by atoms with E-state index in [0.717, 1.165) is 37.3 Å². The fourth-order valence-corrected chi connectivity index (χ4v) is 4.42. The molecule has 0 radical (unpaired) electrons. The number of nitrogens with one attached hydrogen (secondary N) is 1. The summed E-state index contributed by atoms with van der Waals surface area (Å²) < 4.78 is 13.1. The van der Waals surface area contributed by atoms with Gasteiger partial charge >= 0.3 is 0 Å². The van der Waals surface area contributed by atoms with Crippen molar-refractivity contribution in [3.05, 3.63) is 59.9 Å². The fourth-order valence-electron chi connectivity index (χ4n) is 4.42. The smallest absolute Gasteiger partial charge is 0.227 e. The van der Waals surface area contributed by atoms with Gasteiger partial charge < -0.3 is 15.1 Å². The van der Waals surface area contributed by atoms with Crippen molar-refractivity contribution >= 4 is 23.2 Å². The molecule has 2 saturated heterocycles. The summed E-state index contributed by atoms with van der Waals surface area (Å²) in [6, 6.07) is 14.7. The molecule has 2 fully saturated rings. The lowest BCUT2D eigenvalue weighted by Crippen LogP contribution is -2.46. The normalized spacial score (nSPS) is 19.9. The van der Waals surface area contributed by atoms with E-state index in [2.05, 4.69) is 36.2 Å². The Bertz CT molecular complexity index is 919. The lowest BCUT2D eigenvalue weighted by atomic mass is 10.0. The van der Waals surface area contributed by atoms with Crippen LogP contribution in [0.5, 0.6) is 0 Å². The summed E-state index contributed by atoms with van der Waals surface area (Å²) in [6.45, 7) is 6.34. The molecule has 0 aromatic heterocycles. The summed E-state index contributed by atoms with van der Waals surface area (Å²) in [4.78, 5) is 29.3. The fraction of sp³-hybridized carbons (Fsp3) is 0.440. The average molecular weight is 424 g/mol. The molecule has 2 aliphatic heterocycles. The molecule has 1 unspecified atom stereocenters. The molecule has 2 aromatic carbocycles. The first kappa shape index (κ1) is 21.3. The van der Waals surface area contributed by atoms with E-state index < -0.39 is 0 Å². The van der Waals surface area contributed by atoms with Gasteiger partial charge in [-0.3, -0.25) is 9.59 Å². The molecule has 2 heterocycles. The predicted octanol–water partition coefficient (Wildman–Crippen LogP) is 4.09. The van der Waals surface area contributed by atoms with Crippen LogP contribution in [0.2, 0.25) is 0 Å². The molecule has 0 aliphatic carbocycles. The Labute approximate surface area is 183 Å². The van der Waals surface area contributed by atoms with Crippen molar-refractivity contribution in [2.45, 2.75) is 45.1 Å². The number of hydrogen-bond acceptors (Lipinski definition) is 3. The molecule has 4 rings (SSSR count). The summed E-state index contributed by atoms with van der Waals surface area (Å²) in [7, 11) is 0. The molecule has 2 amide bonds. The van der Waals surface area contributed by atoms with E-state index in [0.29, 0.717) is 12.5 Å². The van der Waals surface area contributed by atoms with E-state index in [1.54, 1.807) is 17.0 Å². The average Bonchev–Trinajstić information content (AvgIpc) is 3.17. The molecule has 6 heteroatoms.